The lowest BCUT2D eigenvalue weighted by atomic mass is 9.82. The van der Waals surface area contributed by atoms with E-state index in [2.05, 4.69) is 33.7 Å². The summed E-state index contributed by atoms with van der Waals surface area (Å²) in [4.78, 5) is 16.6. The van der Waals surface area contributed by atoms with Crippen LogP contribution in [0.1, 0.15) is 60.7 Å². The minimum absolute atomic E-state index is 0.00367. The van der Waals surface area contributed by atoms with Gasteiger partial charge in [0, 0.05) is 24.2 Å². The van der Waals surface area contributed by atoms with Gasteiger partial charge in [-0.2, -0.15) is 17.5 Å². The standard InChI is InChI=1S/C26H26F3N3OS/c1-16-12-24(34-32-16)31-25(33)20-8-6-19(7-9-20)17(2)21-5-3-4-18(13-21)14-23-11-10-22(15-30-23)26(27,28)29/h3-5,10-13,15,20H,6-9,14H2,1-2H3,(H,31,33). The highest BCUT2D eigenvalue weighted by atomic mass is 32.1. The van der Waals surface area contributed by atoms with Crippen molar-refractivity contribution in [3.63, 3.8) is 0 Å². The zero-order valence-electron chi connectivity index (χ0n) is 19.1. The van der Waals surface area contributed by atoms with Crippen LogP contribution in [-0.4, -0.2) is 15.3 Å². The van der Waals surface area contributed by atoms with Gasteiger partial charge in [-0.1, -0.05) is 29.8 Å². The molecule has 8 heteroatoms. The van der Waals surface area contributed by atoms with Crippen molar-refractivity contribution in [3.8, 4) is 0 Å². The van der Waals surface area contributed by atoms with E-state index in [0.29, 0.717) is 12.1 Å². The van der Waals surface area contributed by atoms with Crippen molar-refractivity contribution in [2.45, 2.75) is 52.1 Å². The number of alkyl halides is 3. The molecule has 0 unspecified atom stereocenters. The van der Waals surface area contributed by atoms with Crippen LogP contribution < -0.4 is 5.32 Å². The van der Waals surface area contributed by atoms with Crippen LogP contribution in [0.15, 0.2) is 54.2 Å². The largest absolute Gasteiger partial charge is 0.417 e. The summed E-state index contributed by atoms with van der Waals surface area (Å²) >= 11 is 1.30. The van der Waals surface area contributed by atoms with Gasteiger partial charge in [0.15, 0.2) is 0 Å². The molecule has 1 amide bonds. The number of amides is 1. The highest BCUT2D eigenvalue weighted by Crippen LogP contribution is 2.35. The highest BCUT2D eigenvalue weighted by Gasteiger charge is 2.30. The molecule has 0 spiro atoms. The first-order chi connectivity index (χ1) is 16.2. The van der Waals surface area contributed by atoms with Gasteiger partial charge in [0.25, 0.3) is 0 Å². The van der Waals surface area contributed by atoms with Gasteiger partial charge in [0.05, 0.1) is 11.3 Å². The van der Waals surface area contributed by atoms with Crippen LogP contribution in [0, 0.1) is 12.8 Å². The fourth-order valence-corrected chi connectivity index (χ4v) is 4.94. The van der Waals surface area contributed by atoms with E-state index in [1.54, 1.807) is 0 Å². The van der Waals surface area contributed by atoms with Crippen molar-refractivity contribution in [1.29, 1.82) is 0 Å². The summed E-state index contributed by atoms with van der Waals surface area (Å²) in [6, 6.07) is 12.4. The molecule has 1 aromatic carbocycles. The number of anilines is 1. The van der Waals surface area contributed by atoms with Gasteiger partial charge in [-0.05, 0) is 86.0 Å². The second-order valence-corrected chi connectivity index (χ2v) is 9.54. The Balaban J connectivity index is 1.39. The molecule has 0 atom stereocenters. The monoisotopic (exact) mass is 485 g/mol. The van der Waals surface area contributed by atoms with E-state index in [0.717, 1.165) is 59.8 Å². The number of nitrogens with zero attached hydrogens (tertiary/aromatic N) is 2. The Morgan fingerprint density at radius 2 is 1.91 bits per heavy atom. The van der Waals surface area contributed by atoms with E-state index in [-0.39, 0.29) is 11.8 Å². The average Bonchev–Trinajstić information content (AvgIpc) is 3.23. The zero-order valence-corrected chi connectivity index (χ0v) is 19.9. The van der Waals surface area contributed by atoms with Gasteiger partial charge in [-0.15, -0.1) is 0 Å². The van der Waals surface area contributed by atoms with Crippen LogP contribution in [0.5, 0.6) is 0 Å². The number of carbonyl (C=O) groups is 1. The van der Waals surface area contributed by atoms with Crippen molar-refractivity contribution in [3.05, 3.63) is 82.3 Å². The molecule has 4 nitrogen and oxygen atoms in total. The van der Waals surface area contributed by atoms with E-state index in [9.17, 15) is 18.0 Å². The molecule has 1 saturated carbocycles. The Kier molecular flexibility index (Phi) is 7.16. The number of carbonyl (C=O) groups excluding carboxylic acids is 1. The quantitative estimate of drug-likeness (QED) is 0.421. The highest BCUT2D eigenvalue weighted by molar-refractivity contribution is 7.10. The third-order valence-electron chi connectivity index (χ3n) is 6.26. The lowest BCUT2D eigenvalue weighted by molar-refractivity contribution is -0.137. The molecule has 0 bridgehead atoms. The number of benzene rings is 1. The number of allylic oxidation sites excluding steroid dienone is 2. The van der Waals surface area contributed by atoms with E-state index in [1.807, 2.05) is 25.1 Å². The maximum atomic E-state index is 12.8. The fraction of sp³-hybridized carbons (Fsp3) is 0.346. The molecule has 34 heavy (non-hydrogen) atoms. The van der Waals surface area contributed by atoms with E-state index >= 15 is 0 Å². The molecule has 1 N–H and O–H groups in total. The van der Waals surface area contributed by atoms with Gasteiger partial charge in [-0.3, -0.25) is 9.78 Å². The number of halogens is 3. The Labute approximate surface area is 201 Å². The third-order valence-corrected chi connectivity index (χ3v) is 7.06. The number of hydrogen-bond donors (Lipinski definition) is 1. The summed E-state index contributed by atoms with van der Waals surface area (Å²) < 4.78 is 42.5. The first-order valence-electron chi connectivity index (χ1n) is 11.2. The minimum Gasteiger partial charge on any atom is -0.316 e. The molecule has 0 aliphatic heterocycles. The van der Waals surface area contributed by atoms with Crippen LogP contribution >= 0.6 is 11.5 Å². The summed E-state index contributed by atoms with van der Waals surface area (Å²) in [5.74, 6) is 0.0578. The lowest BCUT2D eigenvalue weighted by Gasteiger charge is -2.24. The Morgan fingerprint density at radius 3 is 2.53 bits per heavy atom. The van der Waals surface area contributed by atoms with Crippen molar-refractivity contribution in [2.24, 2.45) is 5.92 Å². The Morgan fingerprint density at radius 1 is 1.15 bits per heavy atom. The number of pyridine rings is 1. The predicted octanol–water partition coefficient (Wildman–Crippen LogP) is 7.06. The number of aromatic nitrogens is 2. The normalized spacial score (nSPS) is 16.4. The maximum Gasteiger partial charge on any atom is 0.417 e. The van der Waals surface area contributed by atoms with Crippen molar-refractivity contribution in [1.82, 2.24) is 9.36 Å². The molecule has 1 fully saturated rings. The summed E-state index contributed by atoms with van der Waals surface area (Å²) in [5.41, 5.74) is 5.41. The topological polar surface area (TPSA) is 54.9 Å². The first kappa shape index (κ1) is 24.1. The molecule has 178 valence electrons. The van der Waals surface area contributed by atoms with Crippen LogP contribution in [0.3, 0.4) is 0 Å². The van der Waals surface area contributed by atoms with E-state index in [1.165, 1.54) is 28.7 Å². The predicted molar refractivity (Wildman–Crippen MR) is 129 cm³/mol. The molecular weight excluding hydrogens is 459 g/mol. The van der Waals surface area contributed by atoms with Gasteiger partial charge in [-0.25, -0.2) is 0 Å². The van der Waals surface area contributed by atoms with Crippen LogP contribution in [0.2, 0.25) is 0 Å². The summed E-state index contributed by atoms with van der Waals surface area (Å²) in [5, 5.41) is 3.77. The van der Waals surface area contributed by atoms with Gasteiger partial charge in [0.1, 0.15) is 5.00 Å². The van der Waals surface area contributed by atoms with Crippen molar-refractivity contribution < 1.29 is 18.0 Å². The fourth-order valence-electron chi connectivity index (χ4n) is 4.27. The minimum atomic E-state index is -4.38. The maximum absolute atomic E-state index is 12.8. The molecule has 2 heterocycles. The van der Waals surface area contributed by atoms with E-state index < -0.39 is 11.7 Å². The first-order valence-corrected chi connectivity index (χ1v) is 12.0. The molecule has 4 rings (SSSR count). The molecule has 1 aliphatic rings. The molecule has 2 aromatic heterocycles. The number of rotatable bonds is 5. The second kappa shape index (κ2) is 10.1. The van der Waals surface area contributed by atoms with Crippen LogP contribution in [0.4, 0.5) is 18.2 Å². The Hall–Kier alpha value is -3.00. The van der Waals surface area contributed by atoms with Crippen LogP contribution in [-0.2, 0) is 17.4 Å². The molecule has 0 saturated heterocycles. The second-order valence-electron chi connectivity index (χ2n) is 8.74. The third kappa shape index (κ3) is 5.91. The lowest BCUT2D eigenvalue weighted by Crippen LogP contribution is -2.25. The Bertz CT molecular complexity index is 1190. The van der Waals surface area contributed by atoms with Crippen LogP contribution in [0.25, 0.3) is 5.57 Å². The van der Waals surface area contributed by atoms with Crippen molar-refractivity contribution in [2.75, 3.05) is 5.32 Å². The van der Waals surface area contributed by atoms with E-state index in [4.69, 9.17) is 0 Å². The molecule has 0 radical (unpaired) electrons. The number of hydrogen-bond acceptors (Lipinski definition) is 4. The van der Waals surface area contributed by atoms with Gasteiger partial charge >= 0.3 is 6.18 Å². The summed E-state index contributed by atoms with van der Waals surface area (Å²) in [7, 11) is 0. The summed E-state index contributed by atoms with van der Waals surface area (Å²) in [6.45, 7) is 4.01. The molecule has 1 aliphatic carbocycles. The zero-order chi connectivity index (χ0) is 24.3. The SMILES string of the molecule is CC(=C1CCC(C(=O)Nc2cc(C)ns2)CC1)c1cccc(Cc2ccc(C(F)(F)F)cn2)c1. The summed E-state index contributed by atoms with van der Waals surface area (Å²) in [6.07, 6.45) is 0.337. The average molecular weight is 486 g/mol. The number of aryl methyl sites for hydroxylation is 1. The molecular formula is C26H26F3N3OS. The number of nitrogens with one attached hydrogen (secondary N) is 1. The smallest absolute Gasteiger partial charge is 0.316 e. The van der Waals surface area contributed by atoms with Gasteiger partial charge < -0.3 is 5.32 Å². The van der Waals surface area contributed by atoms with Gasteiger partial charge in [0.2, 0.25) is 5.91 Å². The van der Waals surface area contributed by atoms with Crippen molar-refractivity contribution >= 4 is 28.0 Å². The molecule has 3 aromatic rings.